The zero-order chi connectivity index (χ0) is 12.6. The van der Waals surface area contributed by atoms with Crippen LogP contribution in [0.15, 0.2) is 24.3 Å². The molecule has 2 saturated heterocycles. The van der Waals surface area contributed by atoms with Crippen LogP contribution in [0.25, 0.3) is 0 Å². The fourth-order valence-corrected chi connectivity index (χ4v) is 3.91. The molecule has 1 N–H and O–H groups in total. The summed E-state index contributed by atoms with van der Waals surface area (Å²) in [6.45, 7) is 7.05. The molecule has 2 aliphatic heterocycles. The smallest absolute Gasteiger partial charge is 0.00533 e. The molecule has 1 spiro atoms. The molecule has 18 heavy (non-hydrogen) atoms. The molecule has 3 rings (SSSR count). The van der Waals surface area contributed by atoms with E-state index < -0.39 is 0 Å². The summed E-state index contributed by atoms with van der Waals surface area (Å²) in [4.78, 5) is 2.52. The van der Waals surface area contributed by atoms with Crippen LogP contribution in [0.5, 0.6) is 0 Å². The maximum atomic E-state index is 3.51. The molecule has 2 heteroatoms. The number of piperidine rings is 1. The van der Waals surface area contributed by atoms with Crippen LogP contribution in [-0.4, -0.2) is 38.1 Å². The number of nitrogens with zero attached hydrogens (tertiary/aromatic N) is 1. The first-order valence-corrected chi connectivity index (χ1v) is 7.15. The molecule has 2 aliphatic rings. The minimum atomic E-state index is 0.523. The van der Waals surface area contributed by atoms with E-state index in [-0.39, 0.29) is 0 Å². The summed E-state index contributed by atoms with van der Waals surface area (Å²) >= 11 is 0. The van der Waals surface area contributed by atoms with Crippen LogP contribution in [0.1, 0.15) is 29.9 Å². The van der Waals surface area contributed by atoms with Crippen molar-refractivity contribution in [1.82, 2.24) is 10.2 Å². The summed E-state index contributed by atoms with van der Waals surface area (Å²) in [6, 6.07) is 9.23. The van der Waals surface area contributed by atoms with E-state index in [0.29, 0.717) is 5.41 Å². The molecule has 98 valence electrons. The minimum Gasteiger partial charge on any atom is -0.317 e. The maximum absolute atomic E-state index is 3.51. The second kappa shape index (κ2) is 4.67. The topological polar surface area (TPSA) is 15.3 Å². The van der Waals surface area contributed by atoms with Crippen LogP contribution < -0.4 is 5.32 Å². The summed E-state index contributed by atoms with van der Waals surface area (Å²) in [7, 11) is 2.28. The monoisotopic (exact) mass is 244 g/mol. The van der Waals surface area contributed by atoms with Crippen molar-refractivity contribution in [1.29, 1.82) is 0 Å². The Kier molecular flexibility index (Phi) is 3.16. The van der Waals surface area contributed by atoms with Crippen molar-refractivity contribution in [3.05, 3.63) is 35.4 Å². The van der Waals surface area contributed by atoms with Crippen LogP contribution in [0.4, 0.5) is 0 Å². The Morgan fingerprint density at radius 3 is 2.50 bits per heavy atom. The van der Waals surface area contributed by atoms with E-state index in [4.69, 9.17) is 0 Å². The molecular weight excluding hydrogens is 220 g/mol. The van der Waals surface area contributed by atoms with E-state index in [1.165, 1.54) is 44.6 Å². The summed E-state index contributed by atoms with van der Waals surface area (Å²) in [5, 5.41) is 3.51. The second-order valence-corrected chi connectivity index (χ2v) is 6.27. The lowest BCUT2D eigenvalue weighted by Gasteiger charge is -2.39. The van der Waals surface area contributed by atoms with Gasteiger partial charge in [-0.15, -0.1) is 0 Å². The van der Waals surface area contributed by atoms with E-state index in [0.717, 1.165) is 5.92 Å². The van der Waals surface area contributed by atoms with E-state index in [1.807, 2.05) is 0 Å². The van der Waals surface area contributed by atoms with Gasteiger partial charge >= 0.3 is 0 Å². The number of rotatable bonds is 1. The van der Waals surface area contributed by atoms with E-state index in [9.17, 15) is 0 Å². The molecule has 2 nitrogen and oxygen atoms in total. The summed E-state index contributed by atoms with van der Waals surface area (Å²) in [6.07, 6.45) is 2.66. The summed E-state index contributed by atoms with van der Waals surface area (Å²) in [5.74, 6) is 0.727. The normalized spacial score (nSPS) is 27.8. The lowest BCUT2D eigenvalue weighted by atomic mass is 9.68. The van der Waals surface area contributed by atoms with Crippen LogP contribution in [0.3, 0.4) is 0 Å². The van der Waals surface area contributed by atoms with Crippen LogP contribution >= 0.6 is 0 Å². The quantitative estimate of drug-likeness (QED) is 0.816. The van der Waals surface area contributed by atoms with Gasteiger partial charge in [0.1, 0.15) is 0 Å². The fraction of sp³-hybridized carbons (Fsp3) is 0.625. The van der Waals surface area contributed by atoms with Crippen molar-refractivity contribution in [3.63, 3.8) is 0 Å². The maximum Gasteiger partial charge on any atom is 0.00533 e. The molecule has 2 heterocycles. The highest BCUT2D eigenvalue weighted by Crippen LogP contribution is 2.48. The SMILES string of the molecule is Cc1ccc(C2CN(C)CC23CCNCC3)cc1. The zero-order valence-electron chi connectivity index (χ0n) is 11.6. The Morgan fingerprint density at radius 1 is 1.17 bits per heavy atom. The third-order valence-electron chi connectivity index (χ3n) is 4.90. The highest BCUT2D eigenvalue weighted by Gasteiger charge is 2.46. The van der Waals surface area contributed by atoms with Crippen molar-refractivity contribution in [3.8, 4) is 0 Å². The largest absolute Gasteiger partial charge is 0.317 e. The van der Waals surface area contributed by atoms with Gasteiger partial charge in [0.2, 0.25) is 0 Å². The van der Waals surface area contributed by atoms with E-state index >= 15 is 0 Å². The Labute approximate surface area is 110 Å². The fourth-order valence-electron chi connectivity index (χ4n) is 3.91. The number of likely N-dealkylation sites (tertiary alicyclic amines) is 1. The number of benzene rings is 1. The van der Waals surface area contributed by atoms with Crippen LogP contribution in [0, 0.1) is 12.3 Å². The van der Waals surface area contributed by atoms with Gasteiger partial charge < -0.3 is 10.2 Å². The second-order valence-electron chi connectivity index (χ2n) is 6.27. The number of aryl methyl sites for hydroxylation is 1. The molecule has 0 aliphatic carbocycles. The molecule has 1 unspecified atom stereocenters. The van der Waals surface area contributed by atoms with Crippen molar-refractivity contribution < 1.29 is 0 Å². The van der Waals surface area contributed by atoms with Crippen molar-refractivity contribution in [2.75, 3.05) is 33.2 Å². The average molecular weight is 244 g/mol. The molecule has 1 atom stereocenters. The summed E-state index contributed by atoms with van der Waals surface area (Å²) < 4.78 is 0. The first-order chi connectivity index (χ1) is 8.70. The van der Waals surface area contributed by atoms with Crippen molar-refractivity contribution >= 4 is 0 Å². The molecular formula is C16H24N2. The molecule has 0 saturated carbocycles. The highest BCUT2D eigenvalue weighted by atomic mass is 15.1. The predicted octanol–water partition coefficient (Wildman–Crippen LogP) is 2.39. The lowest BCUT2D eigenvalue weighted by molar-refractivity contribution is 0.187. The predicted molar refractivity (Wildman–Crippen MR) is 76.0 cm³/mol. The molecule has 0 aromatic heterocycles. The molecule has 0 radical (unpaired) electrons. The number of nitrogens with one attached hydrogen (secondary N) is 1. The van der Waals surface area contributed by atoms with Gasteiger partial charge in [-0.05, 0) is 50.9 Å². The van der Waals surface area contributed by atoms with Gasteiger partial charge in [-0.25, -0.2) is 0 Å². The van der Waals surface area contributed by atoms with Gasteiger partial charge in [0.25, 0.3) is 0 Å². The minimum absolute atomic E-state index is 0.523. The molecule has 1 aromatic carbocycles. The number of hydrogen-bond acceptors (Lipinski definition) is 2. The Morgan fingerprint density at radius 2 is 1.83 bits per heavy atom. The Hall–Kier alpha value is -0.860. The van der Waals surface area contributed by atoms with Crippen molar-refractivity contribution in [2.45, 2.75) is 25.7 Å². The van der Waals surface area contributed by atoms with Gasteiger partial charge in [-0.3, -0.25) is 0 Å². The first-order valence-electron chi connectivity index (χ1n) is 7.15. The van der Waals surface area contributed by atoms with Crippen LogP contribution in [0.2, 0.25) is 0 Å². The van der Waals surface area contributed by atoms with Gasteiger partial charge in [0.15, 0.2) is 0 Å². The van der Waals surface area contributed by atoms with Gasteiger partial charge in [-0.2, -0.15) is 0 Å². The third-order valence-corrected chi connectivity index (χ3v) is 4.90. The summed E-state index contributed by atoms with van der Waals surface area (Å²) in [5.41, 5.74) is 3.44. The molecule has 2 fully saturated rings. The van der Waals surface area contributed by atoms with Crippen molar-refractivity contribution in [2.24, 2.45) is 5.41 Å². The molecule has 0 amide bonds. The Bertz CT molecular complexity index is 404. The lowest BCUT2D eigenvalue weighted by Crippen LogP contribution is -2.41. The van der Waals surface area contributed by atoms with Crippen LogP contribution in [-0.2, 0) is 0 Å². The van der Waals surface area contributed by atoms with E-state index in [1.54, 1.807) is 5.56 Å². The molecule has 1 aromatic rings. The number of likely N-dealkylation sites (N-methyl/N-ethyl adjacent to an activating group) is 1. The highest BCUT2D eigenvalue weighted by molar-refractivity contribution is 5.28. The van der Waals surface area contributed by atoms with Gasteiger partial charge in [0.05, 0.1) is 0 Å². The first kappa shape index (κ1) is 12.2. The zero-order valence-corrected chi connectivity index (χ0v) is 11.6. The Balaban J connectivity index is 1.90. The standard InChI is InChI=1S/C16H24N2/c1-13-3-5-14(6-4-13)15-11-18(2)12-16(15)7-9-17-10-8-16/h3-6,15,17H,7-12H2,1-2H3. The van der Waals surface area contributed by atoms with E-state index in [2.05, 4.69) is 48.5 Å². The number of hydrogen-bond donors (Lipinski definition) is 1. The average Bonchev–Trinajstić information content (AvgIpc) is 2.68. The molecule has 0 bridgehead atoms. The van der Waals surface area contributed by atoms with Gasteiger partial charge in [0, 0.05) is 19.0 Å². The third kappa shape index (κ3) is 2.08. The van der Waals surface area contributed by atoms with Gasteiger partial charge in [-0.1, -0.05) is 29.8 Å².